The van der Waals surface area contributed by atoms with Crippen molar-refractivity contribution in [1.29, 1.82) is 0 Å². The summed E-state index contributed by atoms with van der Waals surface area (Å²) in [5.74, 6) is -0.385. The summed E-state index contributed by atoms with van der Waals surface area (Å²) in [6.07, 6.45) is 0. The summed E-state index contributed by atoms with van der Waals surface area (Å²) >= 11 is 5.89. The Morgan fingerprint density at radius 2 is 2.07 bits per heavy atom. The van der Waals surface area contributed by atoms with Gasteiger partial charge in [0.1, 0.15) is 0 Å². The van der Waals surface area contributed by atoms with E-state index in [9.17, 15) is 4.79 Å². The van der Waals surface area contributed by atoms with Gasteiger partial charge in [0, 0.05) is 16.8 Å². The molecule has 82 valence electrons. The number of carbonyl (C=O) groups is 1. The zero-order valence-corrected chi connectivity index (χ0v) is 9.76. The molecule has 1 N–H and O–H groups in total. The molecule has 0 spiro atoms. The summed E-state index contributed by atoms with van der Waals surface area (Å²) in [6, 6.07) is 5.36. The number of methoxy groups -OCH3 is 1. The minimum Gasteiger partial charge on any atom is -0.465 e. The lowest BCUT2D eigenvalue weighted by Gasteiger charge is -2.11. The van der Waals surface area contributed by atoms with E-state index in [-0.39, 0.29) is 12.0 Å². The molecule has 0 unspecified atom stereocenters. The second-order valence-corrected chi connectivity index (χ2v) is 3.96. The van der Waals surface area contributed by atoms with Crippen LogP contribution in [0, 0.1) is 0 Å². The second kappa shape index (κ2) is 5.03. The summed E-state index contributed by atoms with van der Waals surface area (Å²) in [7, 11) is 1.35. The standard InChI is InChI=1S/C11H14ClNO2/c1-7(2)13-10-5-8(11(14)15-3)4-9(12)6-10/h4-7,13H,1-3H3. The lowest BCUT2D eigenvalue weighted by atomic mass is 10.2. The lowest BCUT2D eigenvalue weighted by Crippen LogP contribution is -2.10. The maximum Gasteiger partial charge on any atom is 0.337 e. The van der Waals surface area contributed by atoms with Crippen LogP contribution < -0.4 is 5.32 Å². The van der Waals surface area contributed by atoms with Crippen LogP contribution >= 0.6 is 11.6 Å². The molecule has 1 aromatic carbocycles. The molecule has 0 fully saturated rings. The molecule has 0 amide bonds. The van der Waals surface area contributed by atoms with Crippen molar-refractivity contribution >= 4 is 23.3 Å². The molecule has 0 radical (unpaired) electrons. The molecule has 0 heterocycles. The van der Waals surface area contributed by atoms with Gasteiger partial charge in [0.25, 0.3) is 0 Å². The van der Waals surface area contributed by atoms with Crippen molar-refractivity contribution < 1.29 is 9.53 Å². The normalized spacial score (nSPS) is 10.2. The Labute approximate surface area is 94.4 Å². The number of hydrogen-bond donors (Lipinski definition) is 1. The topological polar surface area (TPSA) is 38.3 Å². The van der Waals surface area contributed by atoms with Gasteiger partial charge in [-0.3, -0.25) is 0 Å². The number of ether oxygens (including phenoxy) is 1. The van der Waals surface area contributed by atoms with E-state index in [1.807, 2.05) is 13.8 Å². The van der Waals surface area contributed by atoms with E-state index in [0.29, 0.717) is 10.6 Å². The van der Waals surface area contributed by atoms with Crippen LogP contribution in [-0.2, 0) is 4.74 Å². The first-order valence-electron chi connectivity index (χ1n) is 4.68. The molecule has 3 nitrogen and oxygen atoms in total. The van der Waals surface area contributed by atoms with Crippen molar-refractivity contribution in [3.63, 3.8) is 0 Å². The van der Waals surface area contributed by atoms with Gasteiger partial charge in [-0.2, -0.15) is 0 Å². The number of anilines is 1. The molecule has 0 aliphatic heterocycles. The van der Waals surface area contributed by atoms with E-state index < -0.39 is 0 Å². The fraction of sp³-hybridized carbons (Fsp3) is 0.364. The van der Waals surface area contributed by atoms with E-state index in [0.717, 1.165) is 5.69 Å². The zero-order valence-electron chi connectivity index (χ0n) is 9.00. The molecule has 1 aromatic rings. The van der Waals surface area contributed by atoms with E-state index in [2.05, 4.69) is 10.1 Å². The van der Waals surface area contributed by atoms with Crippen LogP contribution in [0.4, 0.5) is 5.69 Å². The molecule has 4 heteroatoms. The first-order chi connectivity index (χ1) is 7.02. The molecule has 0 aromatic heterocycles. The van der Waals surface area contributed by atoms with Crippen molar-refractivity contribution in [2.24, 2.45) is 0 Å². The van der Waals surface area contributed by atoms with Crippen molar-refractivity contribution in [2.45, 2.75) is 19.9 Å². The molecule has 0 aliphatic rings. The van der Waals surface area contributed by atoms with Gasteiger partial charge < -0.3 is 10.1 Å². The summed E-state index contributed by atoms with van der Waals surface area (Å²) in [5, 5.41) is 3.69. The largest absolute Gasteiger partial charge is 0.465 e. The predicted octanol–water partition coefficient (Wildman–Crippen LogP) is 2.95. The third kappa shape index (κ3) is 3.44. The SMILES string of the molecule is COC(=O)c1cc(Cl)cc(NC(C)C)c1. The Morgan fingerprint density at radius 3 is 2.60 bits per heavy atom. The van der Waals surface area contributed by atoms with Gasteiger partial charge in [-0.25, -0.2) is 4.79 Å². The van der Waals surface area contributed by atoms with Crippen LogP contribution in [0.15, 0.2) is 18.2 Å². The van der Waals surface area contributed by atoms with E-state index >= 15 is 0 Å². The Morgan fingerprint density at radius 1 is 1.40 bits per heavy atom. The highest BCUT2D eigenvalue weighted by molar-refractivity contribution is 6.31. The fourth-order valence-electron chi connectivity index (χ4n) is 1.24. The summed E-state index contributed by atoms with van der Waals surface area (Å²) in [4.78, 5) is 11.3. The van der Waals surface area contributed by atoms with Crippen molar-refractivity contribution in [1.82, 2.24) is 0 Å². The van der Waals surface area contributed by atoms with Crippen LogP contribution in [0.25, 0.3) is 0 Å². The van der Waals surface area contributed by atoms with E-state index in [1.54, 1.807) is 18.2 Å². The van der Waals surface area contributed by atoms with Crippen molar-refractivity contribution in [3.8, 4) is 0 Å². The van der Waals surface area contributed by atoms with E-state index in [1.165, 1.54) is 7.11 Å². The monoisotopic (exact) mass is 227 g/mol. The first kappa shape index (κ1) is 11.9. The Kier molecular flexibility index (Phi) is 3.97. The van der Waals surface area contributed by atoms with Gasteiger partial charge in [-0.1, -0.05) is 11.6 Å². The smallest absolute Gasteiger partial charge is 0.337 e. The van der Waals surface area contributed by atoms with Crippen LogP contribution in [0.3, 0.4) is 0 Å². The highest BCUT2D eigenvalue weighted by Gasteiger charge is 2.08. The average molecular weight is 228 g/mol. The van der Waals surface area contributed by atoms with E-state index in [4.69, 9.17) is 11.6 Å². The molecule has 0 atom stereocenters. The first-order valence-corrected chi connectivity index (χ1v) is 5.06. The highest BCUT2D eigenvalue weighted by Crippen LogP contribution is 2.20. The van der Waals surface area contributed by atoms with Gasteiger partial charge in [0.15, 0.2) is 0 Å². The quantitative estimate of drug-likeness (QED) is 0.807. The molecule has 0 aliphatic carbocycles. The number of rotatable bonds is 3. The maximum absolute atomic E-state index is 11.3. The number of esters is 1. The number of nitrogens with one attached hydrogen (secondary N) is 1. The maximum atomic E-state index is 11.3. The number of benzene rings is 1. The van der Waals surface area contributed by atoms with Gasteiger partial charge in [0.05, 0.1) is 12.7 Å². The fourth-order valence-corrected chi connectivity index (χ4v) is 1.48. The average Bonchev–Trinajstić information content (AvgIpc) is 2.14. The molecular formula is C11H14ClNO2. The zero-order chi connectivity index (χ0) is 11.4. The summed E-state index contributed by atoms with van der Waals surface area (Å²) in [5.41, 5.74) is 1.27. The molecule has 0 saturated heterocycles. The molecular weight excluding hydrogens is 214 g/mol. The van der Waals surface area contributed by atoms with Crippen molar-refractivity contribution in [2.75, 3.05) is 12.4 Å². The van der Waals surface area contributed by atoms with Gasteiger partial charge >= 0.3 is 5.97 Å². The van der Waals surface area contributed by atoms with Gasteiger partial charge in [-0.05, 0) is 32.0 Å². The Bertz CT molecular complexity index is 364. The number of halogens is 1. The molecule has 15 heavy (non-hydrogen) atoms. The van der Waals surface area contributed by atoms with Gasteiger partial charge in [0.2, 0.25) is 0 Å². The Hall–Kier alpha value is -1.22. The number of carbonyl (C=O) groups excluding carboxylic acids is 1. The van der Waals surface area contributed by atoms with Crippen LogP contribution in [0.5, 0.6) is 0 Å². The van der Waals surface area contributed by atoms with Gasteiger partial charge in [-0.15, -0.1) is 0 Å². The summed E-state index contributed by atoms with van der Waals surface area (Å²) in [6.45, 7) is 4.03. The summed E-state index contributed by atoms with van der Waals surface area (Å²) < 4.78 is 4.63. The van der Waals surface area contributed by atoms with Crippen LogP contribution in [0.1, 0.15) is 24.2 Å². The molecule has 0 saturated carbocycles. The number of hydrogen-bond acceptors (Lipinski definition) is 3. The highest BCUT2D eigenvalue weighted by atomic mass is 35.5. The third-order valence-corrected chi connectivity index (χ3v) is 1.99. The molecule has 1 rings (SSSR count). The second-order valence-electron chi connectivity index (χ2n) is 3.52. The predicted molar refractivity (Wildman–Crippen MR) is 61.6 cm³/mol. The lowest BCUT2D eigenvalue weighted by molar-refractivity contribution is 0.0601. The third-order valence-electron chi connectivity index (χ3n) is 1.77. The Balaban J connectivity index is 2.99. The van der Waals surface area contributed by atoms with Crippen molar-refractivity contribution in [3.05, 3.63) is 28.8 Å². The minimum absolute atomic E-state index is 0.286. The van der Waals surface area contributed by atoms with Crippen LogP contribution in [0.2, 0.25) is 5.02 Å². The minimum atomic E-state index is -0.385. The molecule has 0 bridgehead atoms. The van der Waals surface area contributed by atoms with Crippen LogP contribution in [-0.4, -0.2) is 19.1 Å².